The molecule has 3 heteroatoms. The van der Waals surface area contributed by atoms with Crippen LogP contribution in [-0.2, 0) is 6.18 Å². The zero-order valence-corrected chi connectivity index (χ0v) is 11.5. The molecule has 0 bridgehead atoms. The van der Waals surface area contributed by atoms with Gasteiger partial charge in [-0.05, 0) is 38.4 Å². The number of hydrogen-bond acceptors (Lipinski definition) is 0. The quantitative estimate of drug-likeness (QED) is 0.341. The molecule has 0 radical (unpaired) electrons. The molecule has 0 atom stereocenters. The number of fused-ring (bicyclic) bond motifs is 5. The van der Waals surface area contributed by atoms with Gasteiger partial charge in [-0.15, -0.1) is 0 Å². The Kier molecular flexibility index (Phi) is 2.67. The zero-order chi connectivity index (χ0) is 15.3. The van der Waals surface area contributed by atoms with Crippen molar-refractivity contribution in [1.82, 2.24) is 0 Å². The summed E-state index contributed by atoms with van der Waals surface area (Å²) in [6.45, 7) is 0. The Labute approximate surface area is 124 Å². The van der Waals surface area contributed by atoms with Gasteiger partial charge in [0.25, 0.3) is 0 Å². The smallest absolute Gasteiger partial charge is 0.166 e. The maximum atomic E-state index is 13.4. The molecule has 0 aromatic heterocycles. The molecule has 0 heterocycles. The van der Waals surface area contributed by atoms with Gasteiger partial charge in [-0.25, -0.2) is 0 Å². The Hall–Kier alpha value is -2.55. The summed E-state index contributed by atoms with van der Waals surface area (Å²) < 4.78 is 40.1. The fourth-order valence-corrected chi connectivity index (χ4v) is 3.11. The lowest BCUT2D eigenvalue weighted by Crippen LogP contribution is -2.06. The molecule has 0 saturated carbocycles. The lowest BCUT2D eigenvalue weighted by Gasteiger charge is -2.14. The van der Waals surface area contributed by atoms with Crippen LogP contribution in [0.4, 0.5) is 13.2 Å². The fourth-order valence-electron chi connectivity index (χ4n) is 3.11. The van der Waals surface area contributed by atoms with Gasteiger partial charge >= 0.3 is 6.18 Å². The third-order valence-corrected chi connectivity index (χ3v) is 4.05. The van der Waals surface area contributed by atoms with Crippen molar-refractivity contribution < 1.29 is 13.2 Å². The molecule has 0 nitrogen and oxygen atoms in total. The summed E-state index contributed by atoms with van der Waals surface area (Å²) in [7, 11) is 0. The average molecular weight is 296 g/mol. The SMILES string of the molecule is FC(F)(F)c1cc2ccc3ccccc3c2c2ccccc12. The topological polar surface area (TPSA) is 0 Å². The van der Waals surface area contributed by atoms with Crippen LogP contribution in [0.3, 0.4) is 0 Å². The molecular weight excluding hydrogens is 285 g/mol. The van der Waals surface area contributed by atoms with Crippen molar-refractivity contribution in [3.63, 3.8) is 0 Å². The molecule has 4 aromatic carbocycles. The van der Waals surface area contributed by atoms with E-state index in [0.717, 1.165) is 16.2 Å². The van der Waals surface area contributed by atoms with Crippen molar-refractivity contribution in [3.8, 4) is 0 Å². The maximum absolute atomic E-state index is 13.4. The van der Waals surface area contributed by atoms with Crippen LogP contribution in [-0.4, -0.2) is 0 Å². The molecule has 0 unspecified atom stereocenters. The van der Waals surface area contributed by atoms with E-state index in [2.05, 4.69) is 0 Å². The van der Waals surface area contributed by atoms with Gasteiger partial charge in [0.05, 0.1) is 5.56 Å². The van der Waals surface area contributed by atoms with Gasteiger partial charge in [0.1, 0.15) is 0 Å². The van der Waals surface area contributed by atoms with Gasteiger partial charge in [0.2, 0.25) is 0 Å². The predicted octanol–water partition coefficient (Wildman–Crippen LogP) is 6.17. The van der Waals surface area contributed by atoms with E-state index < -0.39 is 11.7 Å². The fraction of sp³-hybridized carbons (Fsp3) is 0.0526. The molecule has 0 N–H and O–H groups in total. The number of benzene rings is 4. The van der Waals surface area contributed by atoms with Crippen molar-refractivity contribution in [2.24, 2.45) is 0 Å². The largest absolute Gasteiger partial charge is 0.417 e. The highest BCUT2D eigenvalue weighted by atomic mass is 19.4. The average Bonchev–Trinajstić information content (AvgIpc) is 2.52. The van der Waals surface area contributed by atoms with Crippen LogP contribution in [0.15, 0.2) is 66.7 Å². The van der Waals surface area contributed by atoms with Gasteiger partial charge in [0.15, 0.2) is 0 Å². The third kappa shape index (κ3) is 1.86. The second-order valence-electron chi connectivity index (χ2n) is 5.35. The molecule has 22 heavy (non-hydrogen) atoms. The Bertz CT molecular complexity index is 1010. The molecule has 108 valence electrons. The van der Waals surface area contributed by atoms with E-state index in [9.17, 15) is 13.2 Å². The summed E-state index contributed by atoms with van der Waals surface area (Å²) in [5.41, 5.74) is -0.578. The molecule has 0 amide bonds. The van der Waals surface area contributed by atoms with Gasteiger partial charge in [0, 0.05) is 0 Å². The minimum absolute atomic E-state index is 0.249. The van der Waals surface area contributed by atoms with Crippen molar-refractivity contribution in [1.29, 1.82) is 0 Å². The minimum atomic E-state index is -4.36. The molecule has 0 fully saturated rings. The van der Waals surface area contributed by atoms with Crippen LogP contribution in [0.1, 0.15) is 5.56 Å². The molecular formula is C19H11F3. The zero-order valence-electron chi connectivity index (χ0n) is 11.5. The van der Waals surface area contributed by atoms with Crippen molar-refractivity contribution in [3.05, 3.63) is 72.3 Å². The lowest BCUT2D eigenvalue weighted by atomic mass is 9.93. The second-order valence-corrected chi connectivity index (χ2v) is 5.35. The van der Waals surface area contributed by atoms with E-state index in [4.69, 9.17) is 0 Å². The summed E-state index contributed by atoms with van der Waals surface area (Å²) in [5, 5.41) is 4.39. The first-order valence-corrected chi connectivity index (χ1v) is 6.96. The Morgan fingerprint density at radius 1 is 0.591 bits per heavy atom. The number of hydrogen-bond donors (Lipinski definition) is 0. The van der Waals surface area contributed by atoms with Crippen LogP contribution < -0.4 is 0 Å². The van der Waals surface area contributed by atoms with E-state index in [1.54, 1.807) is 30.3 Å². The number of halogens is 3. The minimum Gasteiger partial charge on any atom is -0.166 e. The Morgan fingerprint density at radius 2 is 1.18 bits per heavy atom. The Balaban J connectivity index is 2.31. The van der Waals surface area contributed by atoms with Crippen LogP contribution in [0.2, 0.25) is 0 Å². The molecule has 0 saturated heterocycles. The van der Waals surface area contributed by atoms with Crippen molar-refractivity contribution in [2.45, 2.75) is 6.18 Å². The highest BCUT2D eigenvalue weighted by molar-refractivity contribution is 6.20. The summed E-state index contributed by atoms with van der Waals surface area (Å²) in [6.07, 6.45) is -4.36. The molecule has 0 spiro atoms. The van der Waals surface area contributed by atoms with Crippen molar-refractivity contribution >= 4 is 32.3 Å². The van der Waals surface area contributed by atoms with Crippen LogP contribution in [0.25, 0.3) is 32.3 Å². The molecule has 0 aliphatic rings. The Morgan fingerprint density at radius 3 is 1.91 bits per heavy atom. The summed E-state index contributed by atoms with van der Waals surface area (Å²) in [6, 6.07) is 19.4. The molecule has 4 rings (SSSR count). The summed E-state index contributed by atoms with van der Waals surface area (Å²) in [5.74, 6) is 0. The molecule has 0 aliphatic heterocycles. The first-order valence-electron chi connectivity index (χ1n) is 6.96. The van der Waals surface area contributed by atoms with Gasteiger partial charge < -0.3 is 0 Å². The highest BCUT2D eigenvalue weighted by Gasteiger charge is 2.33. The third-order valence-electron chi connectivity index (χ3n) is 4.05. The van der Waals surface area contributed by atoms with Crippen molar-refractivity contribution in [2.75, 3.05) is 0 Å². The maximum Gasteiger partial charge on any atom is 0.417 e. The summed E-state index contributed by atoms with van der Waals surface area (Å²) in [4.78, 5) is 0. The second kappa shape index (κ2) is 4.47. The van der Waals surface area contributed by atoms with Gasteiger partial charge in [-0.3, -0.25) is 0 Å². The molecule has 4 aromatic rings. The van der Waals surface area contributed by atoms with E-state index in [0.29, 0.717) is 10.8 Å². The van der Waals surface area contributed by atoms with E-state index in [1.807, 2.05) is 30.3 Å². The first-order chi connectivity index (χ1) is 10.6. The van der Waals surface area contributed by atoms with E-state index >= 15 is 0 Å². The normalized spacial score (nSPS) is 12.3. The van der Waals surface area contributed by atoms with Crippen LogP contribution in [0, 0.1) is 0 Å². The van der Waals surface area contributed by atoms with Crippen LogP contribution in [0.5, 0.6) is 0 Å². The predicted molar refractivity (Wildman–Crippen MR) is 84.0 cm³/mol. The van der Waals surface area contributed by atoms with Gasteiger partial charge in [-0.2, -0.15) is 13.2 Å². The summed E-state index contributed by atoms with van der Waals surface area (Å²) >= 11 is 0. The standard InChI is InChI=1S/C19H11F3/c20-19(21,22)17-11-13-10-9-12-5-1-2-6-14(12)18(13)16-8-4-3-7-15(16)17/h1-11H. The number of alkyl halides is 3. The van der Waals surface area contributed by atoms with Gasteiger partial charge in [-0.1, -0.05) is 60.7 Å². The van der Waals surface area contributed by atoms with E-state index in [-0.39, 0.29) is 5.39 Å². The highest BCUT2D eigenvalue weighted by Crippen LogP contribution is 2.40. The lowest BCUT2D eigenvalue weighted by molar-refractivity contribution is -0.136. The first kappa shape index (κ1) is 13.1. The molecule has 0 aliphatic carbocycles. The monoisotopic (exact) mass is 296 g/mol. The van der Waals surface area contributed by atoms with Crippen LogP contribution >= 0.6 is 0 Å². The number of rotatable bonds is 0. The van der Waals surface area contributed by atoms with E-state index in [1.165, 1.54) is 6.07 Å².